The molecule has 0 radical (unpaired) electrons. The van der Waals surface area contributed by atoms with E-state index in [-0.39, 0.29) is 26.3 Å². The molecule has 8 heteroatoms. The Balaban J connectivity index is 1.39. The molecule has 0 saturated carbocycles. The second kappa shape index (κ2) is 7.71. The minimum absolute atomic E-state index is 0.169. The summed E-state index contributed by atoms with van der Waals surface area (Å²) in [7, 11) is 0. The van der Waals surface area contributed by atoms with E-state index in [1.165, 1.54) is 12.5 Å². The predicted octanol–water partition coefficient (Wildman–Crippen LogP) is 0.864. The van der Waals surface area contributed by atoms with Crippen molar-refractivity contribution in [2.45, 2.75) is 19.1 Å². The van der Waals surface area contributed by atoms with Gasteiger partial charge in [-0.05, 0) is 30.2 Å². The minimum atomic E-state index is -0.754. The molecule has 1 aromatic carbocycles. The van der Waals surface area contributed by atoms with Gasteiger partial charge in [0, 0.05) is 18.7 Å². The van der Waals surface area contributed by atoms with Crippen LogP contribution in [0, 0.1) is 0 Å². The molecule has 0 spiro atoms. The van der Waals surface area contributed by atoms with Crippen LogP contribution in [0.2, 0.25) is 0 Å². The van der Waals surface area contributed by atoms with Gasteiger partial charge >= 0.3 is 11.8 Å². The molecular weight excluding hydrogens is 328 g/mol. The number of aliphatic hydroxyl groups excluding tert-OH is 1. The first-order valence-corrected chi connectivity index (χ1v) is 7.78. The number of nitrogens with one attached hydrogen (secondary N) is 2. The van der Waals surface area contributed by atoms with E-state index in [1.807, 2.05) is 0 Å². The van der Waals surface area contributed by atoms with E-state index in [4.69, 9.17) is 13.9 Å². The van der Waals surface area contributed by atoms with Crippen molar-refractivity contribution in [3.63, 3.8) is 0 Å². The lowest BCUT2D eigenvalue weighted by molar-refractivity contribution is -0.139. The molecule has 3 rings (SSSR count). The van der Waals surface area contributed by atoms with Crippen LogP contribution >= 0.6 is 0 Å². The third-order valence-electron chi connectivity index (χ3n) is 3.73. The summed E-state index contributed by atoms with van der Waals surface area (Å²) in [5.74, 6) is -0.218. The van der Waals surface area contributed by atoms with E-state index in [1.54, 1.807) is 24.3 Å². The van der Waals surface area contributed by atoms with Gasteiger partial charge < -0.3 is 29.6 Å². The van der Waals surface area contributed by atoms with E-state index in [2.05, 4.69) is 10.6 Å². The molecule has 1 aromatic heterocycles. The van der Waals surface area contributed by atoms with Gasteiger partial charge in [0.2, 0.25) is 6.79 Å². The van der Waals surface area contributed by atoms with Gasteiger partial charge in [0.15, 0.2) is 11.5 Å². The Labute approximate surface area is 143 Å². The highest BCUT2D eigenvalue weighted by atomic mass is 16.7. The van der Waals surface area contributed by atoms with Gasteiger partial charge in [-0.25, -0.2) is 0 Å². The average Bonchev–Trinajstić information content (AvgIpc) is 3.30. The van der Waals surface area contributed by atoms with Crippen molar-refractivity contribution >= 4 is 11.8 Å². The van der Waals surface area contributed by atoms with Gasteiger partial charge in [-0.2, -0.15) is 0 Å². The lowest BCUT2D eigenvalue weighted by Gasteiger charge is -2.10. The Morgan fingerprint density at radius 3 is 2.72 bits per heavy atom. The van der Waals surface area contributed by atoms with E-state index >= 15 is 0 Å². The van der Waals surface area contributed by atoms with E-state index in [0.717, 1.165) is 5.56 Å². The number of hydrogen-bond acceptors (Lipinski definition) is 6. The van der Waals surface area contributed by atoms with Gasteiger partial charge in [-0.15, -0.1) is 0 Å². The van der Waals surface area contributed by atoms with Crippen LogP contribution < -0.4 is 20.1 Å². The highest BCUT2D eigenvalue weighted by Gasteiger charge is 2.16. The summed E-state index contributed by atoms with van der Waals surface area (Å²) in [6, 6.07) is 6.93. The van der Waals surface area contributed by atoms with Crippen LogP contribution in [0.15, 0.2) is 41.2 Å². The number of rotatable bonds is 6. The number of furan rings is 1. The van der Waals surface area contributed by atoms with Crippen LogP contribution in [0.3, 0.4) is 0 Å². The summed E-state index contributed by atoms with van der Waals surface area (Å²) in [4.78, 5) is 23.5. The molecule has 0 aliphatic carbocycles. The first kappa shape index (κ1) is 16.8. The molecule has 2 heterocycles. The zero-order valence-corrected chi connectivity index (χ0v) is 13.4. The normalized spacial score (nSPS) is 13.3. The van der Waals surface area contributed by atoms with Crippen molar-refractivity contribution in [2.24, 2.45) is 0 Å². The standard InChI is InChI=1S/C17H18N2O6/c20-13(12-4-6-23-9-12)3-5-18-16(21)17(22)19-8-11-1-2-14-15(7-11)25-10-24-14/h1-2,4,6-7,9,13,20H,3,5,8,10H2,(H,18,21)(H,19,22)/t13-/m1/s1. The third-order valence-corrected chi connectivity index (χ3v) is 3.73. The van der Waals surface area contributed by atoms with Crippen LogP contribution in [0.25, 0.3) is 0 Å². The smallest absolute Gasteiger partial charge is 0.309 e. The Morgan fingerprint density at radius 1 is 1.12 bits per heavy atom. The molecule has 1 atom stereocenters. The molecule has 0 fully saturated rings. The Morgan fingerprint density at radius 2 is 1.92 bits per heavy atom. The average molecular weight is 346 g/mol. The van der Waals surface area contributed by atoms with Gasteiger partial charge in [-0.1, -0.05) is 6.07 Å². The first-order chi connectivity index (χ1) is 12.1. The summed E-state index contributed by atoms with van der Waals surface area (Å²) >= 11 is 0. The maximum Gasteiger partial charge on any atom is 0.309 e. The predicted molar refractivity (Wildman–Crippen MR) is 85.7 cm³/mol. The number of amides is 2. The lowest BCUT2D eigenvalue weighted by atomic mass is 10.1. The fourth-order valence-electron chi connectivity index (χ4n) is 2.35. The zero-order valence-electron chi connectivity index (χ0n) is 13.4. The molecular formula is C17H18N2O6. The maximum atomic E-state index is 11.8. The molecule has 0 unspecified atom stereocenters. The molecule has 2 amide bonds. The number of aliphatic hydroxyl groups is 1. The summed E-state index contributed by atoms with van der Waals surface area (Å²) in [5, 5.41) is 14.9. The molecule has 8 nitrogen and oxygen atoms in total. The van der Waals surface area contributed by atoms with Crippen molar-refractivity contribution < 1.29 is 28.6 Å². The fraction of sp³-hybridized carbons (Fsp3) is 0.294. The summed E-state index contributed by atoms with van der Waals surface area (Å²) in [6.07, 6.45) is 2.42. The van der Waals surface area contributed by atoms with Gasteiger partial charge in [0.05, 0.1) is 18.6 Å². The lowest BCUT2D eigenvalue weighted by Crippen LogP contribution is -2.40. The molecule has 0 bridgehead atoms. The Hall–Kier alpha value is -3.00. The zero-order chi connectivity index (χ0) is 17.6. The number of hydrogen-bond donors (Lipinski definition) is 3. The highest BCUT2D eigenvalue weighted by molar-refractivity contribution is 6.35. The van der Waals surface area contributed by atoms with Crippen LogP contribution in [-0.4, -0.2) is 30.3 Å². The second-order valence-electron chi connectivity index (χ2n) is 5.49. The van der Waals surface area contributed by atoms with Crippen LogP contribution in [0.5, 0.6) is 11.5 Å². The number of carbonyl (C=O) groups is 2. The fourth-order valence-corrected chi connectivity index (χ4v) is 2.35. The number of benzene rings is 1. The van der Waals surface area contributed by atoms with Crippen molar-refractivity contribution in [3.05, 3.63) is 47.9 Å². The minimum Gasteiger partial charge on any atom is -0.472 e. The number of ether oxygens (including phenoxy) is 2. The van der Waals surface area contributed by atoms with Crippen LogP contribution in [0.1, 0.15) is 23.7 Å². The summed E-state index contributed by atoms with van der Waals surface area (Å²) in [6.45, 7) is 0.543. The molecule has 132 valence electrons. The monoisotopic (exact) mass is 346 g/mol. The van der Waals surface area contributed by atoms with Crippen LogP contribution in [0.4, 0.5) is 0 Å². The van der Waals surface area contributed by atoms with Crippen molar-refractivity contribution in [2.75, 3.05) is 13.3 Å². The highest BCUT2D eigenvalue weighted by Crippen LogP contribution is 2.32. The Kier molecular flexibility index (Phi) is 5.20. The van der Waals surface area contributed by atoms with Crippen molar-refractivity contribution in [1.82, 2.24) is 10.6 Å². The molecule has 3 N–H and O–H groups in total. The maximum absolute atomic E-state index is 11.8. The molecule has 1 aliphatic rings. The number of carbonyl (C=O) groups excluding carboxylic acids is 2. The van der Waals surface area contributed by atoms with Crippen LogP contribution in [-0.2, 0) is 16.1 Å². The van der Waals surface area contributed by atoms with Crippen molar-refractivity contribution in [1.29, 1.82) is 0 Å². The second-order valence-corrected chi connectivity index (χ2v) is 5.49. The van der Waals surface area contributed by atoms with E-state index in [0.29, 0.717) is 17.1 Å². The Bertz CT molecular complexity index is 744. The molecule has 0 saturated heterocycles. The van der Waals surface area contributed by atoms with Gasteiger partial charge in [-0.3, -0.25) is 9.59 Å². The van der Waals surface area contributed by atoms with E-state index in [9.17, 15) is 14.7 Å². The largest absolute Gasteiger partial charge is 0.472 e. The number of fused-ring (bicyclic) bond motifs is 1. The summed E-state index contributed by atoms with van der Waals surface area (Å²) < 4.78 is 15.3. The summed E-state index contributed by atoms with van der Waals surface area (Å²) in [5.41, 5.74) is 1.42. The van der Waals surface area contributed by atoms with Gasteiger partial charge in [0.1, 0.15) is 0 Å². The molecule has 1 aliphatic heterocycles. The van der Waals surface area contributed by atoms with Crippen molar-refractivity contribution in [3.8, 4) is 11.5 Å². The third kappa shape index (κ3) is 4.30. The molecule has 25 heavy (non-hydrogen) atoms. The first-order valence-electron chi connectivity index (χ1n) is 7.78. The van der Waals surface area contributed by atoms with Gasteiger partial charge in [0.25, 0.3) is 0 Å². The van der Waals surface area contributed by atoms with E-state index < -0.39 is 17.9 Å². The topological polar surface area (TPSA) is 110 Å². The quantitative estimate of drug-likeness (QED) is 0.670. The SMILES string of the molecule is O=C(NCC[C@@H](O)c1ccoc1)C(=O)NCc1ccc2c(c1)OCO2. The molecule has 2 aromatic rings.